The van der Waals surface area contributed by atoms with Gasteiger partial charge in [0.25, 0.3) is 0 Å². The van der Waals surface area contributed by atoms with Gasteiger partial charge in [-0.15, -0.1) is 0 Å². The van der Waals surface area contributed by atoms with Crippen LogP contribution in [0.3, 0.4) is 0 Å². The molecule has 0 rings (SSSR count). The van der Waals surface area contributed by atoms with Crippen molar-refractivity contribution in [2.75, 3.05) is 0 Å². The zero-order chi connectivity index (χ0) is 12.1. The molecule has 0 heteroatoms. The van der Waals surface area contributed by atoms with Crippen LogP contribution in [0.25, 0.3) is 0 Å². The predicted molar refractivity (Wildman–Crippen MR) is 75.8 cm³/mol. The number of hydrogen-bond acceptors (Lipinski definition) is 0. The molecule has 0 bridgehead atoms. The van der Waals surface area contributed by atoms with Crippen molar-refractivity contribution in [2.45, 2.75) is 78.6 Å². The van der Waals surface area contributed by atoms with E-state index in [1.807, 2.05) is 0 Å². The molecule has 0 nitrogen and oxygen atoms in total. The molecular weight excluding hydrogens is 192 g/mol. The average Bonchev–Trinajstić information content (AvgIpc) is 2.32. The Morgan fingerprint density at radius 1 is 0.812 bits per heavy atom. The molecule has 0 aliphatic carbocycles. The van der Waals surface area contributed by atoms with E-state index in [0.29, 0.717) is 0 Å². The molecule has 0 amide bonds. The highest BCUT2D eigenvalue weighted by atomic mass is 14.0. The summed E-state index contributed by atoms with van der Waals surface area (Å²) >= 11 is 0. The van der Waals surface area contributed by atoms with Crippen LogP contribution in [0.2, 0.25) is 0 Å². The quantitative estimate of drug-likeness (QED) is 0.312. The van der Waals surface area contributed by atoms with Crippen molar-refractivity contribution in [3.8, 4) is 0 Å². The number of allylic oxidation sites excluding steroid dienone is 4. The van der Waals surface area contributed by atoms with Crippen LogP contribution in [0.5, 0.6) is 0 Å². The fourth-order valence-electron chi connectivity index (χ4n) is 1.76. The van der Waals surface area contributed by atoms with Crippen LogP contribution >= 0.6 is 0 Å². The Kier molecular flexibility index (Phi) is 12.1. The summed E-state index contributed by atoms with van der Waals surface area (Å²) in [4.78, 5) is 0. The molecule has 0 atom stereocenters. The molecule has 16 heavy (non-hydrogen) atoms. The minimum atomic E-state index is 1.17. The van der Waals surface area contributed by atoms with Crippen LogP contribution in [0, 0.1) is 0 Å². The Bertz CT molecular complexity index is 186. The molecule has 0 aromatic rings. The molecule has 0 unspecified atom stereocenters. The van der Waals surface area contributed by atoms with E-state index in [1.54, 1.807) is 0 Å². The van der Waals surface area contributed by atoms with E-state index in [1.165, 1.54) is 63.4 Å². The zero-order valence-electron chi connectivity index (χ0n) is 11.6. The fourth-order valence-corrected chi connectivity index (χ4v) is 1.76. The van der Waals surface area contributed by atoms with Gasteiger partial charge in [0.05, 0.1) is 0 Å². The molecule has 0 radical (unpaired) electrons. The Labute approximate surface area is 103 Å². The second-order valence-electron chi connectivity index (χ2n) is 4.53. The van der Waals surface area contributed by atoms with Crippen LogP contribution in [-0.2, 0) is 0 Å². The summed E-state index contributed by atoms with van der Waals surface area (Å²) in [5, 5.41) is 0. The minimum Gasteiger partial charge on any atom is -0.0843 e. The summed E-state index contributed by atoms with van der Waals surface area (Å²) in [6.07, 6.45) is 18.9. The molecule has 0 saturated heterocycles. The number of unbranched alkanes of at least 4 members (excludes halogenated alkanes) is 6. The summed E-state index contributed by atoms with van der Waals surface area (Å²) in [5.74, 6) is 0. The first-order valence-electron chi connectivity index (χ1n) is 7.20. The first-order valence-corrected chi connectivity index (χ1v) is 7.20. The fraction of sp³-hybridized carbons (Fsp3) is 0.750. The van der Waals surface area contributed by atoms with E-state index >= 15 is 0 Å². The highest BCUT2D eigenvalue weighted by Gasteiger charge is 1.89. The lowest BCUT2D eigenvalue weighted by Gasteiger charge is -1.98. The SMILES string of the molecule is CCCC=C(C=CCCCCCCC)CC. The number of hydrogen-bond donors (Lipinski definition) is 0. The van der Waals surface area contributed by atoms with Gasteiger partial charge in [-0.05, 0) is 25.7 Å². The Morgan fingerprint density at radius 2 is 1.56 bits per heavy atom. The third-order valence-corrected chi connectivity index (χ3v) is 2.91. The first kappa shape index (κ1) is 15.5. The van der Waals surface area contributed by atoms with Crippen molar-refractivity contribution in [1.29, 1.82) is 0 Å². The Morgan fingerprint density at radius 3 is 2.19 bits per heavy atom. The summed E-state index contributed by atoms with van der Waals surface area (Å²) in [6, 6.07) is 0. The maximum atomic E-state index is 2.38. The lowest BCUT2D eigenvalue weighted by atomic mass is 10.1. The molecule has 0 aliphatic heterocycles. The third kappa shape index (κ3) is 10.0. The van der Waals surface area contributed by atoms with E-state index in [4.69, 9.17) is 0 Å². The molecule has 0 aromatic carbocycles. The highest BCUT2D eigenvalue weighted by molar-refractivity contribution is 5.17. The van der Waals surface area contributed by atoms with Gasteiger partial charge < -0.3 is 0 Å². The van der Waals surface area contributed by atoms with Crippen molar-refractivity contribution in [2.24, 2.45) is 0 Å². The molecule has 0 fully saturated rings. The lowest BCUT2D eigenvalue weighted by Crippen LogP contribution is -1.78. The van der Waals surface area contributed by atoms with Crippen LogP contribution in [0.4, 0.5) is 0 Å². The summed E-state index contributed by atoms with van der Waals surface area (Å²) in [7, 11) is 0. The molecule has 0 saturated carbocycles. The standard InChI is InChI=1S/C16H30/c1-4-7-9-10-11-12-13-15-16(6-3)14-8-5-2/h13-15H,4-12H2,1-3H3. The molecule has 0 spiro atoms. The normalized spacial score (nSPS) is 12.6. The maximum Gasteiger partial charge on any atom is -0.0311 e. The predicted octanol–water partition coefficient (Wildman–Crippen LogP) is 6.04. The number of rotatable bonds is 10. The molecule has 0 aromatic heterocycles. The van der Waals surface area contributed by atoms with Crippen molar-refractivity contribution >= 4 is 0 Å². The summed E-state index contributed by atoms with van der Waals surface area (Å²) in [6.45, 7) is 6.75. The van der Waals surface area contributed by atoms with Gasteiger partial charge in [-0.25, -0.2) is 0 Å². The van der Waals surface area contributed by atoms with Gasteiger partial charge in [0.1, 0.15) is 0 Å². The van der Waals surface area contributed by atoms with Gasteiger partial charge in [-0.2, -0.15) is 0 Å². The van der Waals surface area contributed by atoms with Crippen LogP contribution in [0.1, 0.15) is 78.6 Å². The molecule has 0 N–H and O–H groups in total. The molecule has 0 aliphatic rings. The van der Waals surface area contributed by atoms with Gasteiger partial charge >= 0.3 is 0 Å². The van der Waals surface area contributed by atoms with Crippen molar-refractivity contribution in [3.63, 3.8) is 0 Å². The Hall–Kier alpha value is -0.520. The zero-order valence-corrected chi connectivity index (χ0v) is 11.6. The average molecular weight is 222 g/mol. The van der Waals surface area contributed by atoms with E-state index in [9.17, 15) is 0 Å². The van der Waals surface area contributed by atoms with Gasteiger partial charge in [0, 0.05) is 0 Å². The lowest BCUT2D eigenvalue weighted by molar-refractivity contribution is 0.637. The van der Waals surface area contributed by atoms with Gasteiger partial charge in [0.2, 0.25) is 0 Å². The summed E-state index contributed by atoms with van der Waals surface area (Å²) < 4.78 is 0. The van der Waals surface area contributed by atoms with Gasteiger partial charge in [0.15, 0.2) is 0 Å². The minimum absolute atomic E-state index is 1.17. The maximum absolute atomic E-state index is 2.38. The highest BCUT2D eigenvalue weighted by Crippen LogP contribution is 2.09. The van der Waals surface area contributed by atoms with Crippen molar-refractivity contribution < 1.29 is 0 Å². The Balaban J connectivity index is 3.56. The van der Waals surface area contributed by atoms with E-state index < -0.39 is 0 Å². The molecule has 94 valence electrons. The summed E-state index contributed by atoms with van der Waals surface area (Å²) in [5.41, 5.74) is 1.51. The molecular formula is C16H30. The third-order valence-electron chi connectivity index (χ3n) is 2.91. The topological polar surface area (TPSA) is 0 Å². The molecule has 0 heterocycles. The van der Waals surface area contributed by atoms with Crippen LogP contribution in [-0.4, -0.2) is 0 Å². The second kappa shape index (κ2) is 12.5. The van der Waals surface area contributed by atoms with Gasteiger partial charge in [-0.1, -0.05) is 76.7 Å². The second-order valence-corrected chi connectivity index (χ2v) is 4.53. The smallest absolute Gasteiger partial charge is 0.0311 e. The van der Waals surface area contributed by atoms with E-state index in [-0.39, 0.29) is 0 Å². The first-order chi connectivity index (χ1) is 7.85. The van der Waals surface area contributed by atoms with Crippen LogP contribution < -0.4 is 0 Å². The van der Waals surface area contributed by atoms with E-state index in [2.05, 4.69) is 39.0 Å². The van der Waals surface area contributed by atoms with E-state index in [0.717, 1.165) is 0 Å². The monoisotopic (exact) mass is 222 g/mol. The largest absolute Gasteiger partial charge is 0.0843 e. The van der Waals surface area contributed by atoms with Gasteiger partial charge in [-0.3, -0.25) is 0 Å². The van der Waals surface area contributed by atoms with Crippen molar-refractivity contribution in [3.05, 3.63) is 23.8 Å². The van der Waals surface area contributed by atoms with Crippen molar-refractivity contribution in [1.82, 2.24) is 0 Å². The van der Waals surface area contributed by atoms with Crippen LogP contribution in [0.15, 0.2) is 23.8 Å².